The number of alkyl halides is 3. The summed E-state index contributed by atoms with van der Waals surface area (Å²) in [5.74, 6) is 0.0781. The van der Waals surface area contributed by atoms with E-state index in [2.05, 4.69) is 20.3 Å². The monoisotopic (exact) mass is 228 g/mol. The molecular weight excluding hydrogens is 223 g/mol. The van der Waals surface area contributed by atoms with E-state index in [9.17, 15) is 13.2 Å². The van der Waals surface area contributed by atoms with Crippen LogP contribution in [-0.4, -0.2) is 18.5 Å². The van der Waals surface area contributed by atoms with Gasteiger partial charge < -0.3 is 4.74 Å². The van der Waals surface area contributed by atoms with Gasteiger partial charge in [-0.2, -0.15) is 0 Å². The van der Waals surface area contributed by atoms with E-state index in [1.54, 1.807) is 0 Å². The second-order valence-corrected chi connectivity index (χ2v) is 2.86. The third kappa shape index (κ3) is 2.50. The number of halogens is 3. The van der Waals surface area contributed by atoms with Crippen LogP contribution in [0, 0.1) is 0 Å². The number of nitrogens with zero attached hydrogens (tertiary/aromatic N) is 3. The minimum absolute atomic E-state index is 0.282. The zero-order valence-electron chi connectivity index (χ0n) is 7.77. The average Bonchev–Trinajstić information content (AvgIpc) is 2.69. The molecule has 0 saturated carbocycles. The average molecular weight is 228 g/mol. The van der Waals surface area contributed by atoms with Crippen LogP contribution in [0.15, 0.2) is 34.4 Å². The second-order valence-electron chi connectivity index (χ2n) is 2.86. The van der Waals surface area contributed by atoms with Gasteiger partial charge in [-0.05, 0) is 24.3 Å². The van der Waals surface area contributed by atoms with Crippen LogP contribution >= 0.6 is 0 Å². The molecule has 1 aromatic rings. The predicted molar refractivity (Wildman–Crippen MR) is 50.3 cm³/mol. The molecule has 83 valence electrons. The highest BCUT2D eigenvalue weighted by Crippen LogP contribution is 2.23. The van der Waals surface area contributed by atoms with Gasteiger partial charge in [0.1, 0.15) is 12.1 Å². The van der Waals surface area contributed by atoms with E-state index in [0.717, 1.165) is 0 Å². The van der Waals surface area contributed by atoms with Gasteiger partial charge in [-0.3, -0.25) is 0 Å². The third-order valence-corrected chi connectivity index (χ3v) is 1.73. The Morgan fingerprint density at radius 1 is 1.06 bits per heavy atom. The van der Waals surface area contributed by atoms with E-state index >= 15 is 0 Å². The van der Waals surface area contributed by atoms with Gasteiger partial charge in [-0.25, -0.2) is 4.99 Å². The molecule has 1 radical (unpaired) electrons. The van der Waals surface area contributed by atoms with E-state index in [0.29, 0.717) is 11.4 Å². The normalized spacial score (nSPS) is 14.6. The number of ether oxygens (including phenoxy) is 1. The molecule has 1 heterocycles. The molecule has 0 unspecified atom stereocenters. The maximum atomic E-state index is 11.9. The lowest BCUT2D eigenvalue weighted by atomic mass is 10.2. The number of hydrogen-bond acceptors (Lipinski definition) is 3. The Labute approximate surface area is 88.4 Å². The van der Waals surface area contributed by atoms with Crippen LogP contribution in [-0.2, 0) is 0 Å². The Morgan fingerprint density at radius 3 is 2.25 bits per heavy atom. The van der Waals surface area contributed by atoms with Crippen LogP contribution in [0.5, 0.6) is 5.75 Å². The molecule has 0 aromatic heterocycles. The highest BCUT2D eigenvalue weighted by Gasteiger charge is 2.31. The standard InChI is InChI=1S/C9H5F3N3O/c10-9(11,12)16-7-3-1-6(2-4-7)8-13-5-14-15-8/h1-5H. The van der Waals surface area contributed by atoms with Gasteiger partial charge in [0, 0.05) is 5.56 Å². The van der Waals surface area contributed by atoms with Gasteiger partial charge in [0.25, 0.3) is 0 Å². The number of aliphatic imine (C=N–C) groups is 1. The molecule has 0 spiro atoms. The molecule has 0 aliphatic carbocycles. The van der Waals surface area contributed by atoms with Gasteiger partial charge in [0.2, 0.25) is 0 Å². The highest BCUT2D eigenvalue weighted by atomic mass is 19.4. The first kappa shape index (κ1) is 10.5. The van der Waals surface area contributed by atoms with Crippen LogP contribution in [0.2, 0.25) is 0 Å². The largest absolute Gasteiger partial charge is 0.573 e. The van der Waals surface area contributed by atoms with Crippen LogP contribution < -0.4 is 10.2 Å². The molecule has 0 fully saturated rings. The number of amidine groups is 1. The molecule has 0 atom stereocenters. The Morgan fingerprint density at radius 2 is 1.75 bits per heavy atom. The molecule has 0 saturated heterocycles. The van der Waals surface area contributed by atoms with E-state index in [1.807, 2.05) is 0 Å². The third-order valence-electron chi connectivity index (χ3n) is 1.73. The fraction of sp³-hybridized carbons (Fsp3) is 0.111. The van der Waals surface area contributed by atoms with Crippen molar-refractivity contribution in [2.24, 2.45) is 10.1 Å². The van der Waals surface area contributed by atoms with Crippen molar-refractivity contribution < 1.29 is 17.9 Å². The molecule has 7 heteroatoms. The lowest BCUT2D eigenvalue weighted by Crippen LogP contribution is -2.17. The van der Waals surface area contributed by atoms with Crippen molar-refractivity contribution in [2.75, 3.05) is 0 Å². The maximum Gasteiger partial charge on any atom is 0.573 e. The Balaban J connectivity index is 2.13. The van der Waals surface area contributed by atoms with E-state index < -0.39 is 6.36 Å². The first-order valence-corrected chi connectivity index (χ1v) is 4.21. The summed E-state index contributed by atoms with van der Waals surface area (Å²) in [5.41, 5.74) is 4.08. The summed E-state index contributed by atoms with van der Waals surface area (Å²) < 4.78 is 39.3. The Kier molecular flexibility index (Phi) is 2.51. The summed E-state index contributed by atoms with van der Waals surface area (Å²) in [4.78, 5) is 3.81. The van der Waals surface area contributed by atoms with Gasteiger partial charge in [-0.15, -0.1) is 23.7 Å². The molecule has 2 rings (SSSR count). The molecule has 4 nitrogen and oxygen atoms in total. The summed E-state index contributed by atoms with van der Waals surface area (Å²) in [6.45, 7) is 0. The molecule has 16 heavy (non-hydrogen) atoms. The number of hydrogen-bond donors (Lipinski definition) is 0. The molecule has 0 amide bonds. The molecule has 1 aliphatic heterocycles. The lowest BCUT2D eigenvalue weighted by molar-refractivity contribution is -0.274. The van der Waals surface area contributed by atoms with Crippen molar-refractivity contribution in [3.8, 4) is 5.75 Å². The highest BCUT2D eigenvalue weighted by molar-refractivity contribution is 6.04. The molecule has 0 bridgehead atoms. The van der Waals surface area contributed by atoms with Crippen molar-refractivity contribution in [3.05, 3.63) is 29.8 Å². The van der Waals surface area contributed by atoms with Crippen LogP contribution in [0.4, 0.5) is 13.2 Å². The van der Waals surface area contributed by atoms with Crippen molar-refractivity contribution in [1.29, 1.82) is 0 Å². The smallest absolute Gasteiger partial charge is 0.406 e. The fourth-order valence-electron chi connectivity index (χ4n) is 1.12. The van der Waals surface area contributed by atoms with Crippen LogP contribution in [0.25, 0.3) is 0 Å². The molecule has 1 aliphatic rings. The first-order valence-electron chi connectivity index (χ1n) is 4.21. The van der Waals surface area contributed by atoms with Crippen LogP contribution in [0.1, 0.15) is 5.56 Å². The van der Waals surface area contributed by atoms with Gasteiger partial charge in [0.15, 0.2) is 5.84 Å². The molecule has 0 N–H and O–H groups in total. The van der Waals surface area contributed by atoms with Crippen molar-refractivity contribution in [1.82, 2.24) is 5.43 Å². The number of rotatable bonds is 2. The minimum Gasteiger partial charge on any atom is -0.406 e. The lowest BCUT2D eigenvalue weighted by Gasteiger charge is -2.08. The number of benzene rings is 1. The molecule has 1 aromatic carbocycles. The summed E-state index contributed by atoms with van der Waals surface area (Å²) in [7, 11) is 0. The zero-order chi connectivity index (χ0) is 11.6. The van der Waals surface area contributed by atoms with Crippen molar-refractivity contribution in [3.63, 3.8) is 0 Å². The molecular formula is C9H5F3N3O. The fourth-order valence-corrected chi connectivity index (χ4v) is 1.12. The topological polar surface area (TPSA) is 48.0 Å². The Bertz CT molecular complexity index is 436. The summed E-state index contributed by atoms with van der Waals surface area (Å²) >= 11 is 0. The van der Waals surface area contributed by atoms with Gasteiger partial charge in [0.05, 0.1) is 0 Å². The minimum atomic E-state index is -4.68. The summed E-state index contributed by atoms with van der Waals surface area (Å²) in [6, 6.07) is 5.24. The van der Waals surface area contributed by atoms with E-state index in [1.165, 1.54) is 30.6 Å². The van der Waals surface area contributed by atoms with Gasteiger partial charge in [-0.1, -0.05) is 0 Å². The zero-order valence-corrected chi connectivity index (χ0v) is 7.77. The first-order chi connectivity index (χ1) is 7.54. The second kappa shape index (κ2) is 3.84. The van der Waals surface area contributed by atoms with Crippen LogP contribution in [0.3, 0.4) is 0 Å². The van der Waals surface area contributed by atoms with Gasteiger partial charge >= 0.3 is 6.36 Å². The quantitative estimate of drug-likeness (QED) is 0.762. The summed E-state index contributed by atoms with van der Waals surface area (Å²) in [6.07, 6.45) is -3.42. The van der Waals surface area contributed by atoms with Crippen molar-refractivity contribution >= 4 is 12.2 Å². The SMILES string of the molecule is FC(F)(F)Oc1ccc(C2=N[N]C=N2)cc1. The summed E-state index contributed by atoms with van der Waals surface area (Å²) in [5, 5.41) is 3.67. The van der Waals surface area contributed by atoms with E-state index in [4.69, 9.17) is 0 Å². The predicted octanol–water partition coefficient (Wildman–Crippen LogP) is 1.89. The van der Waals surface area contributed by atoms with E-state index in [-0.39, 0.29) is 5.75 Å². The maximum absolute atomic E-state index is 11.9. The van der Waals surface area contributed by atoms with Crippen molar-refractivity contribution in [2.45, 2.75) is 6.36 Å². The Hall–Kier alpha value is -2.05.